The van der Waals surface area contributed by atoms with Crippen LogP contribution in [0.25, 0.3) is 0 Å². The van der Waals surface area contributed by atoms with E-state index in [2.05, 4.69) is 21.7 Å². The normalized spacial score (nSPS) is 10.8. The molecule has 0 aliphatic carbocycles. The van der Waals surface area contributed by atoms with E-state index < -0.39 is 0 Å². The highest BCUT2D eigenvalue weighted by Crippen LogP contribution is 2.08. The van der Waals surface area contributed by atoms with E-state index in [-0.39, 0.29) is 5.84 Å². The Morgan fingerprint density at radius 3 is 3.00 bits per heavy atom. The zero-order valence-electron chi connectivity index (χ0n) is 6.60. The number of hydrogen-bond acceptors (Lipinski definition) is 3. The molecule has 5 heteroatoms. The molecule has 0 fully saturated rings. The van der Waals surface area contributed by atoms with Crippen LogP contribution in [0, 0.1) is 11.3 Å². The molecule has 1 aromatic rings. The number of nitriles is 1. The van der Waals surface area contributed by atoms with Crippen LogP contribution in [0.2, 0.25) is 0 Å². The van der Waals surface area contributed by atoms with Crippen molar-refractivity contribution in [2.24, 2.45) is 17.0 Å². The van der Waals surface area contributed by atoms with Crippen LogP contribution in [-0.4, -0.2) is 22.1 Å². The predicted molar refractivity (Wildman–Crippen MR) is 45.5 cm³/mol. The summed E-state index contributed by atoms with van der Waals surface area (Å²) in [6.45, 7) is 3.21. The Labute approximate surface area is 69.7 Å². The smallest absolute Gasteiger partial charge is 0.233 e. The maximum Gasteiger partial charge on any atom is 0.233 e. The van der Waals surface area contributed by atoms with Crippen LogP contribution >= 0.6 is 0 Å². The van der Waals surface area contributed by atoms with E-state index in [9.17, 15) is 0 Å². The van der Waals surface area contributed by atoms with Gasteiger partial charge in [-0.3, -0.25) is 0 Å². The van der Waals surface area contributed by atoms with Crippen LogP contribution in [0.1, 0.15) is 0 Å². The Kier molecular flexibility index (Phi) is 2.33. The van der Waals surface area contributed by atoms with E-state index in [1.165, 1.54) is 0 Å². The molecule has 60 valence electrons. The minimum atomic E-state index is 0.0404. The molecule has 0 amide bonds. The third-order valence-corrected chi connectivity index (χ3v) is 1.26. The number of imidazole rings is 1. The van der Waals surface area contributed by atoms with Crippen LogP contribution in [0.3, 0.4) is 0 Å². The Balaban J connectivity index is 3.03. The molecule has 0 unspecified atom stereocenters. The van der Waals surface area contributed by atoms with Crippen molar-refractivity contribution in [3.63, 3.8) is 0 Å². The summed E-state index contributed by atoms with van der Waals surface area (Å²) in [6, 6.07) is 1.80. The second-order valence-corrected chi connectivity index (χ2v) is 2.07. The summed E-state index contributed by atoms with van der Waals surface area (Å²) in [7, 11) is 1.78. The molecule has 0 bridgehead atoms. The molecule has 1 aromatic heterocycles. The fourth-order valence-corrected chi connectivity index (χ4v) is 0.662. The first-order valence-electron chi connectivity index (χ1n) is 3.19. The second kappa shape index (κ2) is 3.44. The average Bonchev–Trinajstić information content (AvgIpc) is 2.47. The zero-order valence-corrected chi connectivity index (χ0v) is 6.60. The van der Waals surface area contributed by atoms with Gasteiger partial charge in [-0.2, -0.15) is 10.3 Å². The summed E-state index contributed by atoms with van der Waals surface area (Å²) in [4.78, 5) is 11.1. The van der Waals surface area contributed by atoms with E-state index in [0.29, 0.717) is 5.82 Å². The van der Waals surface area contributed by atoms with Gasteiger partial charge in [-0.25, -0.2) is 9.98 Å². The number of aliphatic imine (C=N–C) groups is 2. The van der Waals surface area contributed by atoms with Crippen LogP contribution < -0.4 is 0 Å². The van der Waals surface area contributed by atoms with Crippen molar-refractivity contribution in [3.05, 3.63) is 12.5 Å². The lowest BCUT2D eigenvalue weighted by Crippen LogP contribution is -1.89. The van der Waals surface area contributed by atoms with Gasteiger partial charge in [-0.15, -0.1) is 0 Å². The van der Waals surface area contributed by atoms with Crippen molar-refractivity contribution < 1.29 is 0 Å². The first kappa shape index (κ1) is 8.14. The molecule has 0 atom stereocenters. The summed E-state index contributed by atoms with van der Waals surface area (Å²) >= 11 is 0. The van der Waals surface area contributed by atoms with Gasteiger partial charge in [-0.05, 0) is 6.72 Å². The largest absolute Gasteiger partial charge is 0.319 e. The van der Waals surface area contributed by atoms with E-state index in [1.54, 1.807) is 30.2 Å². The molecule has 0 saturated heterocycles. The number of aryl methyl sites for hydroxylation is 1. The highest BCUT2D eigenvalue weighted by Gasteiger charge is 1.96. The molecule has 1 rings (SSSR count). The molecular formula is C7H7N5. The summed E-state index contributed by atoms with van der Waals surface area (Å²) in [5.41, 5.74) is 0. The Hall–Kier alpha value is -1.96. The molecule has 0 saturated carbocycles. The molecular weight excluding hydrogens is 154 g/mol. The lowest BCUT2D eigenvalue weighted by Gasteiger charge is -1.92. The Morgan fingerprint density at radius 2 is 2.58 bits per heavy atom. The Morgan fingerprint density at radius 1 is 1.83 bits per heavy atom. The van der Waals surface area contributed by atoms with Gasteiger partial charge in [-0.1, -0.05) is 0 Å². The second-order valence-electron chi connectivity index (χ2n) is 2.07. The van der Waals surface area contributed by atoms with Gasteiger partial charge < -0.3 is 4.57 Å². The summed E-state index contributed by atoms with van der Waals surface area (Å²) in [6.07, 6.45) is 3.14. The molecule has 5 nitrogen and oxygen atoms in total. The van der Waals surface area contributed by atoms with Gasteiger partial charge in [0.2, 0.25) is 5.84 Å². The topological polar surface area (TPSA) is 66.3 Å². The van der Waals surface area contributed by atoms with Crippen molar-refractivity contribution in [1.82, 2.24) is 9.55 Å². The van der Waals surface area contributed by atoms with Crippen molar-refractivity contribution in [2.75, 3.05) is 0 Å². The number of amidine groups is 1. The fraction of sp³-hybridized carbons (Fsp3) is 0.143. The molecule has 0 spiro atoms. The van der Waals surface area contributed by atoms with Gasteiger partial charge in [0, 0.05) is 7.05 Å². The van der Waals surface area contributed by atoms with E-state index >= 15 is 0 Å². The first-order valence-corrected chi connectivity index (χ1v) is 3.19. The highest BCUT2D eigenvalue weighted by molar-refractivity contribution is 6.00. The number of aromatic nitrogens is 2. The van der Waals surface area contributed by atoms with Gasteiger partial charge in [0.15, 0.2) is 5.82 Å². The molecule has 1 heterocycles. The summed E-state index contributed by atoms with van der Waals surface area (Å²) in [5.74, 6) is 0.623. The quantitative estimate of drug-likeness (QED) is 0.449. The minimum absolute atomic E-state index is 0.0404. The first-order chi connectivity index (χ1) is 5.77. The highest BCUT2D eigenvalue weighted by atomic mass is 15.1. The molecule has 12 heavy (non-hydrogen) atoms. The number of hydrogen-bond donors (Lipinski definition) is 0. The van der Waals surface area contributed by atoms with Crippen molar-refractivity contribution in [3.8, 4) is 6.07 Å². The average molecular weight is 161 g/mol. The minimum Gasteiger partial charge on any atom is -0.319 e. The summed E-state index contributed by atoms with van der Waals surface area (Å²) < 4.78 is 1.68. The van der Waals surface area contributed by atoms with Gasteiger partial charge in [0.05, 0.1) is 12.5 Å². The number of rotatable bonds is 1. The fourth-order valence-electron chi connectivity index (χ4n) is 0.662. The maximum absolute atomic E-state index is 8.47. The third kappa shape index (κ3) is 1.55. The monoisotopic (exact) mass is 161 g/mol. The van der Waals surface area contributed by atoms with Crippen LogP contribution in [0.5, 0.6) is 0 Å². The van der Waals surface area contributed by atoms with Gasteiger partial charge in [0.25, 0.3) is 0 Å². The predicted octanol–water partition coefficient (Wildman–Crippen LogP) is 0.674. The van der Waals surface area contributed by atoms with Gasteiger partial charge in [0.1, 0.15) is 6.07 Å². The summed E-state index contributed by atoms with van der Waals surface area (Å²) in [5, 5.41) is 8.47. The lowest BCUT2D eigenvalue weighted by atomic mass is 10.6. The zero-order chi connectivity index (χ0) is 8.97. The number of nitrogens with zero attached hydrogens (tertiary/aromatic N) is 5. The third-order valence-electron chi connectivity index (χ3n) is 1.26. The van der Waals surface area contributed by atoms with Crippen molar-refractivity contribution in [2.45, 2.75) is 0 Å². The maximum atomic E-state index is 8.47. The Bertz CT molecular complexity index is 354. The van der Waals surface area contributed by atoms with Crippen molar-refractivity contribution >= 4 is 18.4 Å². The SMILES string of the molecule is C=N/C(C#N)=N\c1cncn1C. The van der Waals surface area contributed by atoms with E-state index in [1.807, 2.05) is 0 Å². The van der Waals surface area contributed by atoms with Crippen LogP contribution in [0.4, 0.5) is 5.82 Å². The lowest BCUT2D eigenvalue weighted by molar-refractivity contribution is 0.912. The molecule has 0 aliphatic rings. The molecule has 0 aliphatic heterocycles. The van der Waals surface area contributed by atoms with E-state index in [4.69, 9.17) is 5.26 Å². The van der Waals surface area contributed by atoms with Crippen LogP contribution in [0.15, 0.2) is 22.5 Å². The molecule has 0 aromatic carbocycles. The molecule has 0 N–H and O–H groups in total. The van der Waals surface area contributed by atoms with E-state index in [0.717, 1.165) is 0 Å². The molecule has 0 radical (unpaired) electrons. The standard InChI is InChI=1S/C7H7N5/c1-9-6(3-8)11-7-4-10-5-12(7)2/h4-5H,1H2,2H3/b11-6-. The van der Waals surface area contributed by atoms with Gasteiger partial charge >= 0.3 is 0 Å². The van der Waals surface area contributed by atoms with Crippen LogP contribution in [-0.2, 0) is 7.05 Å². The van der Waals surface area contributed by atoms with Crippen molar-refractivity contribution in [1.29, 1.82) is 5.26 Å².